The standard InChI is InChI=1S/C14H12N2O2/c1-10-13(17)3-2-4-14(10)18-9-11-5-6-16-12(7-11)8-15/h2-7,17H,9H2,1H3. The fourth-order valence-electron chi connectivity index (χ4n) is 1.55. The van der Waals surface area contributed by atoms with E-state index in [0.29, 0.717) is 23.6 Å². The maximum atomic E-state index is 9.55. The van der Waals surface area contributed by atoms with Crippen LogP contribution in [0, 0.1) is 18.3 Å². The highest BCUT2D eigenvalue weighted by Gasteiger charge is 2.04. The van der Waals surface area contributed by atoms with Crippen LogP contribution in [-0.2, 0) is 6.61 Å². The zero-order chi connectivity index (χ0) is 13.0. The van der Waals surface area contributed by atoms with Crippen molar-refractivity contribution in [3.8, 4) is 17.6 Å². The molecular weight excluding hydrogens is 228 g/mol. The molecule has 0 saturated carbocycles. The summed E-state index contributed by atoms with van der Waals surface area (Å²) >= 11 is 0. The minimum absolute atomic E-state index is 0.208. The molecule has 0 bridgehead atoms. The number of rotatable bonds is 3. The van der Waals surface area contributed by atoms with E-state index < -0.39 is 0 Å². The Morgan fingerprint density at radius 1 is 1.39 bits per heavy atom. The second-order valence-corrected chi connectivity index (χ2v) is 3.85. The number of aromatic nitrogens is 1. The minimum Gasteiger partial charge on any atom is -0.508 e. The summed E-state index contributed by atoms with van der Waals surface area (Å²) in [5.74, 6) is 0.838. The zero-order valence-corrected chi connectivity index (χ0v) is 9.92. The van der Waals surface area contributed by atoms with Crippen molar-refractivity contribution in [2.24, 2.45) is 0 Å². The lowest BCUT2D eigenvalue weighted by atomic mass is 10.2. The Kier molecular flexibility index (Phi) is 3.44. The van der Waals surface area contributed by atoms with Crippen LogP contribution in [0.1, 0.15) is 16.8 Å². The number of phenols is 1. The summed E-state index contributed by atoms with van der Waals surface area (Å²) in [6, 6.07) is 10.6. The summed E-state index contributed by atoms with van der Waals surface area (Å²) in [5, 5.41) is 18.3. The van der Waals surface area contributed by atoms with Crippen LogP contribution in [0.3, 0.4) is 0 Å². The second-order valence-electron chi connectivity index (χ2n) is 3.85. The number of benzene rings is 1. The largest absolute Gasteiger partial charge is 0.508 e. The third-order valence-corrected chi connectivity index (χ3v) is 2.59. The summed E-state index contributed by atoms with van der Waals surface area (Å²) in [6.07, 6.45) is 1.58. The Labute approximate surface area is 105 Å². The number of pyridine rings is 1. The van der Waals surface area contributed by atoms with Crippen LogP contribution in [0.5, 0.6) is 11.5 Å². The molecule has 1 heterocycles. The SMILES string of the molecule is Cc1c(O)cccc1OCc1ccnc(C#N)c1. The predicted octanol–water partition coefficient (Wildman–Crippen LogP) is 2.55. The van der Waals surface area contributed by atoms with Gasteiger partial charge in [-0.2, -0.15) is 5.26 Å². The zero-order valence-electron chi connectivity index (χ0n) is 9.92. The fraction of sp³-hybridized carbons (Fsp3) is 0.143. The number of aromatic hydroxyl groups is 1. The van der Waals surface area contributed by atoms with Gasteiger partial charge in [-0.15, -0.1) is 0 Å². The monoisotopic (exact) mass is 240 g/mol. The van der Waals surface area contributed by atoms with Crippen LogP contribution in [-0.4, -0.2) is 10.1 Å². The number of nitriles is 1. The van der Waals surface area contributed by atoms with Gasteiger partial charge in [-0.1, -0.05) is 6.07 Å². The maximum absolute atomic E-state index is 9.55. The molecule has 0 aliphatic heterocycles. The number of ether oxygens (including phenoxy) is 1. The molecule has 2 aromatic rings. The Bertz CT molecular complexity index is 603. The van der Waals surface area contributed by atoms with Crippen molar-refractivity contribution < 1.29 is 9.84 Å². The molecule has 4 nitrogen and oxygen atoms in total. The molecule has 0 unspecified atom stereocenters. The number of nitrogens with zero attached hydrogens (tertiary/aromatic N) is 2. The van der Waals surface area contributed by atoms with Gasteiger partial charge < -0.3 is 9.84 Å². The van der Waals surface area contributed by atoms with Gasteiger partial charge in [0.05, 0.1) is 0 Å². The molecule has 90 valence electrons. The normalized spacial score (nSPS) is 9.78. The summed E-state index contributed by atoms with van der Waals surface area (Å²) in [7, 11) is 0. The first-order valence-electron chi connectivity index (χ1n) is 5.47. The van der Waals surface area contributed by atoms with Crippen molar-refractivity contribution >= 4 is 0 Å². The predicted molar refractivity (Wildman–Crippen MR) is 66.1 cm³/mol. The van der Waals surface area contributed by atoms with Crippen molar-refractivity contribution in [1.29, 1.82) is 5.26 Å². The first-order chi connectivity index (χ1) is 8.70. The number of phenolic OH excluding ortho intramolecular Hbond substituents is 1. The topological polar surface area (TPSA) is 66.1 Å². The van der Waals surface area contributed by atoms with Crippen molar-refractivity contribution in [3.05, 3.63) is 53.3 Å². The first-order valence-corrected chi connectivity index (χ1v) is 5.47. The molecule has 0 amide bonds. The lowest BCUT2D eigenvalue weighted by molar-refractivity contribution is 0.301. The molecule has 0 spiro atoms. The van der Waals surface area contributed by atoms with Gasteiger partial charge in [-0.25, -0.2) is 4.98 Å². The van der Waals surface area contributed by atoms with Crippen LogP contribution < -0.4 is 4.74 Å². The van der Waals surface area contributed by atoms with Gasteiger partial charge in [0.15, 0.2) is 0 Å². The molecule has 0 fully saturated rings. The van der Waals surface area contributed by atoms with Gasteiger partial charge in [0, 0.05) is 11.8 Å². The molecule has 1 aromatic carbocycles. The van der Waals surface area contributed by atoms with E-state index in [-0.39, 0.29) is 5.75 Å². The summed E-state index contributed by atoms with van der Waals surface area (Å²) in [6.45, 7) is 2.12. The molecule has 18 heavy (non-hydrogen) atoms. The molecule has 0 saturated heterocycles. The highest BCUT2D eigenvalue weighted by atomic mass is 16.5. The van der Waals surface area contributed by atoms with E-state index in [9.17, 15) is 5.11 Å². The molecule has 2 rings (SSSR count). The molecule has 1 aromatic heterocycles. The molecule has 0 radical (unpaired) electrons. The summed E-state index contributed by atoms with van der Waals surface area (Å²) in [4.78, 5) is 3.89. The van der Waals surface area contributed by atoms with Crippen LogP contribution in [0.25, 0.3) is 0 Å². The molecule has 0 atom stereocenters. The van der Waals surface area contributed by atoms with Crippen LogP contribution >= 0.6 is 0 Å². The van der Waals surface area contributed by atoms with Gasteiger partial charge in [0.1, 0.15) is 29.9 Å². The minimum atomic E-state index is 0.208. The van der Waals surface area contributed by atoms with Crippen molar-refractivity contribution in [2.75, 3.05) is 0 Å². The van der Waals surface area contributed by atoms with Crippen molar-refractivity contribution in [2.45, 2.75) is 13.5 Å². The lowest BCUT2D eigenvalue weighted by Crippen LogP contribution is -1.98. The van der Waals surface area contributed by atoms with Crippen molar-refractivity contribution in [3.63, 3.8) is 0 Å². The summed E-state index contributed by atoms with van der Waals surface area (Å²) < 4.78 is 5.61. The Hall–Kier alpha value is -2.54. The van der Waals surface area contributed by atoms with Crippen LogP contribution in [0.15, 0.2) is 36.5 Å². The van der Waals surface area contributed by atoms with E-state index in [1.807, 2.05) is 6.07 Å². The number of hydrogen-bond acceptors (Lipinski definition) is 4. The third kappa shape index (κ3) is 2.58. The first kappa shape index (κ1) is 11.9. The van der Waals surface area contributed by atoms with E-state index in [0.717, 1.165) is 5.56 Å². The van der Waals surface area contributed by atoms with E-state index in [2.05, 4.69) is 4.98 Å². The average molecular weight is 240 g/mol. The third-order valence-electron chi connectivity index (χ3n) is 2.59. The van der Waals surface area contributed by atoms with Gasteiger partial charge in [0.2, 0.25) is 0 Å². The molecule has 4 heteroatoms. The van der Waals surface area contributed by atoms with Gasteiger partial charge >= 0.3 is 0 Å². The summed E-state index contributed by atoms with van der Waals surface area (Å²) in [5.41, 5.74) is 1.93. The highest BCUT2D eigenvalue weighted by Crippen LogP contribution is 2.26. The van der Waals surface area contributed by atoms with Crippen LogP contribution in [0.2, 0.25) is 0 Å². The average Bonchev–Trinajstić information content (AvgIpc) is 2.41. The van der Waals surface area contributed by atoms with E-state index in [1.165, 1.54) is 0 Å². The molecule has 0 aliphatic rings. The van der Waals surface area contributed by atoms with Crippen molar-refractivity contribution in [1.82, 2.24) is 4.98 Å². The van der Waals surface area contributed by atoms with E-state index >= 15 is 0 Å². The fourth-order valence-corrected chi connectivity index (χ4v) is 1.55. The molecule has 0 aliphatic carbocycles. The highest BCUT2D eigenvalue weighted by molar-refractivity contribution is 5.42. The smallest absolute Gasteiger partial charge is 0.140 e. The van der Waals surface area contributed by atoms with Crippen LogP contribution in [0.4, 0.5) is 0 Å². The van der Waals surface area contributed by atoms with E-state index in [1.54, 1.807) is 43.5 Å². The number of hydrogen-bond donors (Lipinski definition) is 1. The second kappa shape index (κ2) is 5.19. The Morgan fingerprint density at radius 3 is 3.00 bits per heavy atom. The van der Waals surface area contributed by atoms with Gasteiger partial charge in [-0.05, 0) is 36.8 Å². The lowest BCUT2D eigenvalue weighted by Gasteiger charge is -2.10. The molecular formula is C14H12N2O2. The Morgan fingerprint density at radius 2 is 2.22 bits per heavy atom. The Balaban J connectivity index is 2.12. The van der Waals surface area contributed by atoms with Gasteiger partial charge in [-0.3, -0.25) is 0 Å². The maximum Gasteiger partial charge on any atom is 0.140 e. The van der Waals surface area contributed by atoms with E-state index in [4.69, 9.17) is 10.00 Å². The van der Waals surface area contributed by atoms with Gasteiger partial charge in [0.25, 0.3) is 0 Å². The quantitative estimate of drug-likeness (QED) is 0.895. The molecule has 1 N–H and O–H groups in total.